The third kappa shape index (κ3) is 2.16. The number of aryl methyl sites for hydroxylation is 2. The fourth-order valence-electron chi connectivity index (χ4n) is 1.48. The number of rotatable bonds is 2. The number of hydrogen-bond donors (Lipinski definition) is 1. The maximum atomic E-state index is 4.41. The molecular weight excluding hydrogens is 200 g/mol. The second kappa shape index (κ2) is 4.26. The van der Waals surface area contributed by atoms with Gasteiger partial charge in [0.2, 0.25) is 0 Å². The summed E-state index contributed by atoms with van der Waals surface area (Å²) >= 11 is 0. The molecule has 0 fully saturated rings. The Labute approximate surface area is 94.8 Å². The highest BCUT2D eigenvalue weighted by atomic mass is 15.0. The van der Waals surface area contributed by atoms with Crippen molar-refractivity contribution in [3.05, 3.63) is 35.7 Å². The van der Waals surface area contributed by atoms with Gasteiger partial charge in [0.1, 0.15) is 11.5 Å². The zero-order chi connectivity index (χ0) is 11.5. The highest BCUT2D eigenvalue weighted by Crippen LogP contribution is 2.15. The lowest BCUT2D eigenvalue weighted by Gasteiger charge is -2.05. The van der Waals surface area contributed by atoms with Gasteiger partial charge in [0, 0.05) is 24.5 Å². The standard InChI is InChI=1S/C12H14N4/c1-8-5-4-6-10(14-8)12-15-9(2)7-11(13-3)16-12/h4-7H,1-3H3,(H,13,15,16). The first-order chi connectivity index (χ1) is 7.69. The van der Waals surface area contributed by atoms with Crippen LogP contribution in [0.15, 0.2) is 24.3 Å². The number of anilines is 1. The van der Waals surface area contributed by atoms with Gasteiger partial charge < -0.3 is 5.32 Å². The number of nitrogens with zero attached hydrogens (tertiary/aromatic N) is 3. The fraction of sp³-hybridized carbons (Fsp3) is 0.250. The Morgan fingerprint density at radius 2 is 1.81 bits per heavy atom. The Morgan fingerprint density at radius 1 is 1.00 bits per heavy atom. The van der Waals surface area contributed by atoms with Crippen LogP contribution in [0, 0.1) is 13.8 Å². The van der Waals surface area contributed by atoms with Gasteiger partial charge in [0.25, 0.3) is 0 Å². The van der Waals surface area contributed by atoms with Crippen LogP contribution in [-0.4, -0.2) is 22.0 Å². The van der Waals surface area contributed by atoms with E-state index in [4.69, 9.17) is 0 Å². The van der Waals surface area contributed by atoms with Crippen LogP contribution in [0.1, 0.15) is 11.4 Å². The predicted molar refractivity (Wildman–Crippen MR) is 64.3 cm³/mol. The lowest BCUT2D eigenvalue weighted by Crippen LogP contribution is -1.99. The molecule has 0 radical (unpaired) electrons. The molecule has 4 nitrogen and oxygen atoms in total. The van der Waals surface area contributed by atoms with Crippen molar-refractivity contribution in [2.75, 3.05) is 12.4 Å². The smallest absolute Gasteiger partial charge is 0.180 e. The molecule has 0 saturated heterocycles. The molecule has 0 aliphatic heterocycles. The van der Waals surface area contributed by atoms with E-state index in [1.165, 1.54) is 0 Å². The first kappa shape index (κ1) is 10.5. The van der Waals surface area contributed by atoms with Crippen LogP contribution in [0.3, 0.4) is 0 Å². The van der Waals surface area contributed by atoms with Gasteiger partial charge in [-0.3, -0.25) is 0 Å². The van der Waals surface area contributed by atoms with Gasteiger partial charge in [-0.15, -0.1) is 0 Å². The maximum absolute atomic E-state index is 4.41. The minimum Gasteiger partial charge on any atom is -0.373 e. The van der Waals surface area contributed by atoms with E-state index in [2.05, 4.69) is 20.3 Å². The van der Waals surface area contributed by atoms with Crippen LogP contribution >= 0.6 is 0 Å². The van der Waals surface area contributed by atoms with Crippen molar-refractivity contribution >= 4 is 5.82 Å². The summed E-state index contributed by atoms with van der Waals surface area (Å²) in [6.45, 7) is 3.90. The molecule has 16 heavy (non-hydrogen) atoms. The average molecular weight is 214 g/mol. The van der Waals surface area contributed by atoms with Crippen LogP contribution in [0.5, 0.6) is 0 Å². The van der Waals surface area contributed by atoms with E-state index in [1.54, 1.807) is 0 Å². The molecule has 1 N–H and O–H groups in total. The minimum absolute atomic E-state index is 0.660. The second-order valence-electron chi connectivity index (χ2n) is 3.63. The predicted octanol–water partition coefficient (Wildman–Crippen LogP) is 2.20. The van der Waals surface area contributed by atoms with E-state index in [0.29, 0.717) is 5.82 Å². The number of pyridine rings is 1. The van der Waals surface area contributed by atoms with Crippen molar-refractivity contribution < 1.29 is 0 Å². The van der Waals surface area contributed by atoms with Gasteiger partial charge in [-0.2, -0.15) is 0 Å². The lowest BCUT2D eigenvalue weighted by atomic mass is 10.3. The Morgan fingerprint density at radius 3 is 2.50 bits per heavy atom. The summed E-state index contributed by atoms with van der Waals surface area (Å²) in [6.07, 6.45) is 0. The molecule has 2 aromatic rings. The number of hydrogen-bond acceptors (Lipinski definition) is 4. The van der Waals surface area contributed by atoms with Crippen LogP contribution in [0.2, 0.25) is 0 Å². The molecule has 0 amide bonds. The molecule has 2 aromatic heterocycles. The van der Waals surface area contributed by atoms with Crippen molar-refractivity contribution in [1.82, 2.24) is 15.0 Å². The first-order valence-electron chi connectivity index (χ1n) is 5.16. The molecule has 0 aromatic carbocycles. The highest BCUT2D eigenvalue weighted by molar-refractivity contribution is 5.53. The van der Waals surface area contributed by atoms with E-state index in [-0.39, 0.29) is 0 Å². The normalized spacial score (nSPS) is 10.2. The molecule has 0 saturated carbocycles. The van der Waals surface area contributed by atoms with E-state index < -0.39 is 0 Å². The quantitative estimate of drug-likeness (QED) is 0.832. The Kier molecular flexibility index (Phi) is 2.81. The molecule has 2 heterocycles. The SMILES string of the molecule is CNc1cc(C)nc(-c2cccc(C)n2)n1. The summed E-state index contributed by atoms with van der Waals surface area (Å²) in [5, 5.41) is 3.01. The van der Waals surface area contributed by atoms with E-state index in [1.807, 2.05) is 45.2 Å². The van der Waals surface area contributed by atoms with E-state index >= 15 is 0 Å². The fourth-order valence-corrected chi connectivity index (χ4v) is 1.48. The Hall–Kier alpha value is -1.97. The molecular formula is C12H14N4. The topological polar surface area (TPSA) is 50.7 Å². The highest BCUT2D eigenvalue weighted by Gasteiger charge is 2.05. The summed E-state index contributed by atoms with van der Waals surface area (Å²) in [7, 11) is 1.84. The minimum atomic E-state index is 0.660. The molecule has 2 rings (SSSR count). The zero-order valence-corrected chi connectivity index (χ0v) is 9.65. The summed E-state index contributed by atoms with van der Waals surface area (Å²) in [4.78, 5) is 13.2. The Bertz CT molecular complexity index is 508. The summed E-state index contributed by atoms with van der Waals surface area (Å²) < 4.78 is 0. The van der Waals surface area contributed by atoms with E-state index in [0.717, 1.165) is 22.9 Å². The molecule has 0 spiro atoms. The van der Waals surface area contributed by atoms with Crippen molar-refractivity contribution in [3.63, 3.8) is 0 Å². The summed E-state index contributed by atoms with van der Waals surface area (Å²) in [5.74, 6) is 1.47. The summed E-state index contributed by atoms with van der Waals surface area (Å²) in [5.41, 5.74) is 2.70. The van der Waals surface area contributed by atoms with Crippen molar-refractivity contribution in [3.8, 4) is 11.5 Å². The van der Waals surface area contributed by atoms with Crippen LogP contribution in [0.4, 0.5) is 5.82 Å². The average Bonchev–Trinajstić information content (AvgIpc) is 2.28. The largest absolute Gasteiger partial charge is 0.373 e. The summed E-state index contributed by atoms with van der Waals surface area (Å²) in [6, 6.07) is 7.74. The van der Waals surface area contributed by atoms with E-state index in [9.17, 15) is 0 Å². The van der Waals surface area contributed by atoms with Crippen molar-refractivity contribution in [2.45, 2.75) is 13.8 Å². The van der Waals surface area contributed by atoms with Gasteiger partial charge >= 0.3 is 0 Å². The van der Waals surface area contributed by atoms with Crippen LogP contribution < -0.4 is 5.32 Å². The van der Waals surface area contributed by atoms with Gasteiger partial charge in [0.15, 0.2) is 5.82 Å². The molecule has 0 bridgehead atoms. The number of nitrogens with one attached hydrogen (secondary N) is 1. The molecule has 0 atom stereocenters. The second-order valence-corrected chi connectivity index (χ2v) is 3.63. The molecule has 0 aliphatic rings. The molecule has 0 unspecified atom stereocenters. The van der Waals surface area contributed by atoms with Crippen molar-refractivity contribution in [1.29, 1.82) is 0 Å². The van der Waals surface area contributed by atoms with Gasteiger partial charge in [-0.25, -0.2) is 15.0 Å². The molecule has 82 valence electrons. The zero-order valence-electron chi connectivity index (χ0n) is 9.65. The maximum Gasteiger partial charge on any atom is 0.180 e. The van der Waals surface area contributed by atoms with Gasteiger partial charge in [-0.05, 0) is 26.0 Å². The van der Waals surface area contributed by atoms with Gasteiger partial charge in [-0.1, -0.05) is 6.07 Å². The van der Waals surface area contributed by atoms with Crippen LogP contribution in [-0.2, 0) is 0 Å². The van der Waals surface area contributed by atoms with Gasteiger partial charge in [0.05, 0.1) is 0 Å². The molecule has 0 aliphatic carbocycles. The number of aromatic nitrogens is 3. The van der Waals surface area contributed by atoms with Crippen molar-refractivity contribution in [2.24, 2.45) is 0 Å². The van der Waals surface area contributed by atoms with Crippen LogP contribution in [0.25, 0.3) is 11.5 Å². The third-order valence-corrected chi connectivity index (χ3v) is 2.23. The third-order valence-electron chi connectivity index (χ3n) is 2.23. The lowest BCUT2D eigenvalue weighted by molar-refractivity contribution is 1.07. The Balaban J connectivity index is 2.51. The molecule has 4 heteroatoms. The monoisotopic (exact) mass is 214 g/mol. The first-order valence-corrected chi connectivity index (χ1v) is 5.16.